The molecule has 1 aromatic carbocycles. The van der Waals surface area contributed by atoms with Gasteiger partial charge < -0.3 is 9.64 Å². The molecule has 0 unspecified atom stereocenters. The average Bonchev–Trinajstić information content (AvgIpc) is 3.03. The van der Waals surface area contributed by atoms with Gasteiger partial charge in [0.2, 0.25) is 10.0 Å². The normalized spacial score (nSPS) is 24.1. The van der Waals surface area contributed by atoms with E-state index in [-0.39, 0.29) is 5.60 Å². The summed E-state index contributed by atoms with van der Waals surface area (Å²) >= 11 is 0. The Bertz CT molecular complexity index is 923. The minimum Gasteiger partial charge on any atom is -0.487 e. The number of piperidine rings is 2. The molecule has 3 aliphatic rings. The van der Waals surface area contributed by atoms with E-state index < -0.39 is 10.0 Å². The van der Waals surface area contributed by atoms with Crippen LogP contribution in [0.5, 0.6) is 5.75 Å². The van der Waals surface area contributed by atoms with Gasteiger partial charge in [-0.3, -0.25) is 0 Å². The fourth-order valence-corrected chi connectivity index (χ4v) is 7.60. The Labute approximate surface area is 182 Å². The molecule has 2 saturated heterocycles. The summed E-state index contributed by atoms with van der Waals surface area (Å²) in [7, 11) is -3.51. The summed E-state index contributed by atoms with van der Waals surface area (Å²) in [5, 5.41) is 0. The highest BCUT2D eigenvalue weighted by atomic mass is 32.2. The van der Waals surface area contributed by atoms with Crippen molar-refractivity contribution in [2.45, 2.75) is 90.2 Å². The lowest BCUT2D eigenvalue weighted by Gasteiger charge is -2.41. The minimum atomic E-state index is -3.51. The molecule has 0 atom stereocenters. The van der Waals surface area contributed by atoms with E-state index in [4.69, 9.17) is 4.74 Å². The number of sulfonamides is 1. The molecule has 0 aromatic heterocycles. The lowest BCUT2D eigenvalue weighted by Crippen LogP contribution is -2.49. The number of hydrogen-bond donors (Lipinski definition) is 0. The molecule has 0 aliphatic carbocycles. The van der Waals surface area contributed by atoms with Gasteiger partial charge in [0.1, 0.15) is 11.4 Å². The van der Waals surface area contributed by atoms with Crippen LogP contribution in [0.2, 0.25) is 0 Å². The van der Waals surface area contributed by atoms with Crippen molar-refractivity contribution in [3.63, 3.8) is 0 Å². The van der Waals surface area contributed by atoms with Gasteiger partial charge in [-0.1, -0.05) is 6.92 Å². The lowest BCUT2D eigenvalue weighted by molar-refractivity contribution is 0.101. The fourth-order valence-electron chi connectivity index (χ4n) is 5.60. The Morgan fingerprint density at radius 2 is 1.50 bits per heavy atom. The first-order valence-electron chi connectivity index (χ1n) is 11.6. The van der Waals surface area contributed by atoms with Crippen LogP contribution in [0.15, 0.2) is 4.90 Å². The van der Waals surface area contributed by atoms with E-state index in [0.717, 1.165) is 66.3 Å². The summed E-state index contributed by atoms with van der Waals surface area (Å²) < 4.78 is 35.4. The molecular weight excluding hydrogens is 396 g/mol. The van der Waals surface area contributed by atoms with Gasteiger partial charge in [0.15, 0.2) is 0 Å². The number of likely N-dealkylation sites (tertiary alicyclic amines) is 1. The molecule has 4 rings (SSSR count). The van der Waals surface area contributed by atoms with Crippen molar-refractivity contribution in [2.75, 3.05) is 26.2 Å². The van der Waals surface area contributed by atoms with Crippen LogP contribution in [0.4, 0.5) is 0 Å². The largest absolute Gasteiger partial charge is 0.487 e. The van der Waals surface area contributed by atoms with Crippen molar-refractivity contribution < 1.29 is 13.2 Å². The topological polar surface area (TPSA) is 49.9 Å². The predicted octanol–water partition coefficient (Wildman–Crippen LogP) is 4.21. The molecule has 0 saturated carbocycles. The molecule has 2 fully saturated rings. The van der Waals surface area contributed by atoms with Gasteiger partial charge in [-0.05, 0) is 96.0 Å². The van der Waals surface area contributed by atoms with E-state index in [9.17, 15) is 8.42 Å². The van der Waals surface area contributed by atoms with Gasteiger partial charge in [0.05, 0.1) is 4.90 Å². The molecule has 1 aromatic rings. The van der Waals surface area contributed by atoms with E-state index in [2.05, 4.69) is 25.7 Å². The van der Waals surface area contributed by atoms with Gasteiger partial charge in [-0.15, -0.1) is 0 Å². The van der Waals surface area contributed by atoms with Crippen molar-refractivity contribution in [3.05, 3.63) is 22.3 Å². The maximum absolute atomic E-state index is 13.7. The molecule has 30 heavy (non-hydrogen) atoms. The number of rotatable bonds is 3. The van der Waals surface area contributed by atoms with Crippen LogP contribution in [0, 0.1) is 26.7 Å². The van der Waals surface area contributed by atoms with Crippen LogP contribution >= 0.6 is 0 Å². The Morgan fingerprint density at radius 3 is 2.10 bits per heavy atom. The highest BCUT2D eigenvalue weighted by Gasteiger charge is 2.39. The molecule has 6 heteroatoms. The zero-order valence-corrected chi connectivity index (χ0v) is 20.4. The van der Waals surface area contributed by atoms with E-state index in [1.807, 2.05) is 20.8 Å². The SMILES string of the molecule is Cc1c(C)c(S(=O)(=O)N2CCC(N3CCC(C)CC3)CC2)c(C)c2c1OC(C)(C)C2. The van der Waals surface area contributed by atoms with Crippen LogP contribution in [0.25, 0.3) is 0 Å². The second-order valence-corrected chi connectivity index (χ2v) is 12.3. The maximum atomic E-state index is 13.7. The Hall–Kier alpha value is -1.11. The third-order valence-corrected chi connectivity index (χ3v) is 9.82. The van der Waals surface area contributed by atoms with Gasteiger partial charge >= 0.3 is 0 Å². The molecule has 0 N–H and O–H groups in total. The van der Waals surface area contributed by atoms with Crippen molar-refractivity contribution in [3.8, 4) is 5.75 Å². The van der Waals surface area contributed by atoms with Gasteiger partial charge in [0.25, 0.3) is 0 Å². The Kier molecular flexibility index (Phi) is 5.74. The van der Waals surface area contributed by atoms with Crippen LogP contribution in [0.3, 0.4) is 0 Å². The van der Waals surface area contributed by atoms with Crippen molar-refractivity contribution in [2.24, 2.45) is 5.92 Å². The summed E-state index contributed by atoms with van der Waals surface area (Å²) in [6, 6.07) is 0.530. The zero-order chi connectivity index (χ0) is 21.8. The van der Waals surface area contributed by atoms with E-state index in [1.54, 1.807) is 4.31 Å². The van der Waals surface area contributed by atoms with Crippen molar-refractivity contribution in [1.82, 2.24) is 9.21 Å². The monoisotopic (exact) mass is 434 g/mol. The second-order valence-electron chi connectivity index (χ2n) is 10.4. The van der Waals surface area contributed by atoms with E-state index in [1.165, 1.54) is 12.8 Å². The Balaban J connectivity index is 1.56. The molecule has 0 amide bonds. The number of ether oxygens (including phenoxy) is 1. The highest BCUT2D eigenvalue weighted by molar-refractivity contribution is 7.89. The van der Waals surface area contributed by atoms with Crippen LogP contribution < -0.4 is 4.74 Å². The molecule has 3 aliphatic heterocycles. The maximum Gasteiger partial charge on any atom is 0.243 e. The van der Waals surface area contributed by atoms with E-state index in [0.29, 0.717) is 24.0 Å². The summed E-state index contributed by atoms with van der Waals surface area (Å²) in [6.07, 6.45) is 5.16. The minimum absolute atomic E-state index is 0.281. The van der Waals surface area contributed by atoms with Crippen LogP contribution in [-0.4, -0.2) is 55.4 Å². The molecular formula is C24H38N2O3S. The number of fused-ring (bicyclic) bond motifs is 1. The second kappa shape index (κ2) is 7.79. The first-order valence-corrected chi connectivity index (χ1v) is 13.0. The number of nitrogens with zero attached hydrogens (tertiary/aromatic N) is 2. The van der Waals surface area contributed by atoms with E-state index >= 15 is 0 Å². The quantitative estimate of drug-likeness (QED) is 0.715. The first-order chi connectivity index (χ1) is 14.0. The summed E-state index contributed by atoms with van der Waals surface area (Å²) in [6.45, 7) is 15.9. The average molecular weight is 435 g/mol. The number of hydrogen-bond acceptors (Lipinski definition) is 4. The molecule has 168 valence electrons. The number of benzene rings is 1. The molecule has 0 bridgehead atoms. The fraction of sp³-hybridized carbons (Fsp3) is 0.750. The van der Waals surface area contributed by atoms with Gasteiger partial charge in [-0.2, -0.15) is 4.31 Å². The standard InChI is InChI=1S/C24H38N2O3S/c1-16-7-11-25(12-8-16)20-9-13-26(14-10-20)30(27,28)23-18(3)17(2)22-21(19(23)4)15-24(5,6)29-22/h16,20H,7-15H2,1-6H3. The molecule has 0 spiro atoms. The third kappa shape index (κ3) is 3.80. The molecule has 3 heterocycles. The van der Waals surface area contributed by atoms with Crippen LogP contribution in [-0.2, 0) is 16.4 Å². The molecule has 0 radical (unpaired) electrons. The van der Waals surface area contributed by atoms with Crippen molar-refractivity contribution in [1.29, 1.82) is 0 Å². The first kappa shape index (κ1) is 22.1. The summed E-state index contributed by atoms with van der Waals surface area (Å²) in [5.41, 5.74) is 3.48. The van der Waals surface area contributed by atoms with Gasteiger partial charge in [0, 0.05) is 31.1 Å². The Morgan fingerprint density at radius 1 is 0.900 bits per heavy atom. The van der Waals surface area contributed by atoms with Crippen LogP contribution in [0.1, 0.15) is 68.7 Å². The molecule has 5 nitrogen and oxygen atoms in total. The zero-order valence-electron chi connectivity index (χ0n) is 19.5. The highest BCUT2D eigenvalue weighted by Crippen LogP contribution is 2.44. The lowest BCUT2D eigenvalue weighted by atomic mass is 9.94. The summed E-state index contributed by atoms with van der Waals surface area (Å²) in [4.78, 5) is 3.12. The summed E-state index contributed by atoms with van der Waals surface area (Å²) in [5.74, 6) is 1.72. The van der Waals surface area contributed by atoms with Gasteiger partial charge in [-0.25, -0.2) is 8.42 Å². The third-order valence-electron chi connectivity index (χ3n) is 7.65. The smallest absolute Gasteiger partial charge is 0.243 e. The van der Waals surface area contributed by atoms with Crippen molar-refractivity contribution >= 4 is 10.0 Å². The predicted molar refractivity (Wildman–Crippen MR) is 121 cm³/mol.